The number of nitrogens with two attached hydrogens (primary N) is 1. The van der Waals surface area contributed by atoms with Crippen molar-refractivity contribution in [2.75, 3.05) is 28.6 Å². The molecule has 2 N–H and O–H groups in total. The zero-order valence-corrected chi connectivity index (χ0v) is 15.2. The van der Waals surface area contributed by atoms with E-state index < -0.39 is 0 Å². The first kappa shape index (κ1) is 16.1. The number of fused-ring (bicyclic) bond motifs is 1. The maximum atomic E-state index is 13.0. The minimum atomic E-state index is -0.316. The summed E-state index contributed by atoms with van der Waals surface area (Å²) in [5.74, 6) is -0.316. The fraction of sp³-hybridized carbons (Fsp3) is 0.263. The Labute approximate surface area is 154 Å². The summed E-state index contributed by atoms with van der Waals surface area (Å²) in [7, 11) is 0. The van der Waals surface area contributed by atoms with Gasteiger partial charge in [-0.05, 0) is 48.4 Å². The summed E-state index contributed by atoms with van der Waals surface area (Å²) in [6, 6.07) is 13.2. The molecule has 25 heavy (non-hydrogen) atoms. The minimum Gasteiger partial charge on any atom is -0.399 e. The van der Waals surface area contributed by atoms with Crippen molar-refractivity contribution in [2.24, 2.45) is 5.92 Å². The number of amides is 2. The molecule has 1 atom stereocenters. The van der Waals surface area contributed by atoms with Gasteiger partial charge in [-0.3, -0.25) is 9.59 Å². The Kier molecular flexibility index (Phi) is 4.00. The average molecular weight is 400 g/mol. The molecule has 6 heteroatoms. The van der Waals surface area contributed by atoms with Crippen LogP contribution in [0.5, 0.6) is 0 Å². The Morgan fingerprint density at radius 3 is 2.84 bits per heavy atom. The van der Waals surface area contributed by atoms with Crippen molar-refractivity contribution in [3.8, 4) is 0 Å². The highest BCUT2D eigenvalue weighted by molar-refractivity contribution is 9.10. The van der Waals surface area contributed by atoms with E-state index in [-0.39, 0.29) is 24.2 Å². The number of carbonyl (C=O) groups excluding carboxylic acids is 2. The number of nitrogens with zero attached hydrogens (tertiary/aromatic N) is 2. The van der Waals surface area contributed by atoms with Crippen LogP contribution in [-0.4, -0.2) is 24.9 Å². The van der Waals surface area contributed by atoms with Crippen LogP contribution in [0, 0.1) is 5.92 Å². The van der Waals surface area contributed by atoms with Gasteiger partial charge in [-0.25, -0.2) is 0 Å². The van der Waals surface area contributed by atoms with Crippen LogP contribution in [0.25, 0.3) is 0 Å². The molecule has 0 aliphatic carbocycles. The lowest BCUT2D eigenvalue weighted by atomic mass is 10.1. The van der Waals surface area contributed by atoms with Crippen molar-refractivity contribution < 1.29 is 9.59 Å². The summed E-state index contributed by atoms with van der Waals surface area (Å²) in [5, 5.41) is 0. The molecule has 0 bridgehead atoms. The van der Waals surface area contributed by atoms with Gasteiger partial charge >= 0.3 is 0 Å². The summed E-state index contributed by atoms with van der Waals surface area (Å²) in [5.41, 5.74) is 9.31. The van der Waals surface area contributed by atoms with Crippen molar-refractivity contribution in [3.63, 3.8) is 0 Å². The maximum Gasteiger partial charge on any atom is 0.232 e. The second-order valence-electron chi connectivity index (χ2n) is 6.51. The summed E-state index contributed by atoms with van der Waals surface area (Å²) < 4.78 is 1.02. The molecule has 128 valence electrons. The van der Waals surface area contributed by atoms with Crippen LogP contribution in [0.15, 0.2) is 46.9 Å². The topological polar surface area (TPSA) is 66.6 Å². The Hall–Kier alpha value is -2.34. The van der Waals surface area contributed by atoms with Crippen LogP contribution in [0.4, 0.5) is 17.1 Å². The lowest BCUT2D eigenvalue weighted by molar-refractivity contribution is -0.124. The van der Waals surface area contributed by atoms with Gasteiger partial charge in [0.1, 0.15) is 0 Å². The standard InChI is InChI=1S/C19H18BrN3O2/c20-14-4-5-17-12(8-14)6-7-22(17)19(25)13-9-18(24)23(11-13)16-3-1-2-15(21)10-16/h1-5,8,10,13H,6-7,9,11,21H2. The largest absolute Gasteiger partial charge is 0.399 e. The first-order chi connectivity index (χ1) is 12.0. The molecule has 2 aromatic rings. The van der Waals surface area contributed by atoms with E-state index in [0.29, 0.717) is 18.8 Å². The van der Waals surface area contributed by atoms with E-state index in [1.807, 2.05) is 29.2 Å². The number of rotatable bonds is 2. The fourth-order valence-corrected chi connectivity index (χ4v) is 4.04. The molecule has 2 heterocycles. The van der Waals surface area contributed by atoms with Crippen LogP contribution in [0.2, 0.25) is 0 Å². The second-order valence-corrected chi connectivity index (χ2v) is 7.43. The van der Waals surface area contributed by atoms with Crippen LogP contribution in [-0.2, 0) is 16.0 Å². The van der Waals surface area contributed by atoms with E-state index in [1.54, 1.807) is 17.0 Å². The normalized spacial score (nSPS) is 19.4. The third kappa shape index (κ3) is 2.91. The predicted molar refractivity (Wildman–Crippen MR) is 102 cm³/mol. The first-order valence-electron chi connectivity index (χ1n) is 8.28. The number of nitrogen functional groups attached to an aromatic ring is 1. The SMILES string of the molecule is Nc1cccc(N2CC(C(=O)N3CCc4cc(Br)ccc43)CC2=O)c1. The van der Waals surface area contributed by atoms with Gasteiger partial charge in [0.25, 0.3) is 0 Å². The number of hydrogen-bond donors (Lipinski definition) is 1. The Bertz CT molecular complexity index is 867. The smallest absolute Gasteiger partial charge is 0.232 e. The number of halogens is 1. The van der Waals surface area contributed by atoms with E-state index >= 15 is 0 Å². The lowest BCUT2D eigenvalue weighted by Gasteiger charge is -2.22. The molecule has 0 aromatic heterocycles. The summed E-state index contributed by atoms with van der Waals surface area (Å²) >= 11 is 3.47. The van der Waals surface area contributed by atoms with Crippen LogP contribution < -0.4 is 15.5 Å². The molecule has 0 saturated carbocycles. The molecule has 4 rings (SSSR count). The van der Waals surface area contributed by atoms with Gasteiger partial charge in [0, 0.05) is 41.0 Å². The predicted octanol–water partition coefficient (Wildman–Crippen LogP) is 2.97. The van der Waals surface area contributed by atoms with E-state index in [9.17, 15) is 9.59 Å². The van der Waals surface area contributed by atoms with Gasteiger partial charge in [-0.15, -0.1) is 0 Å². The van der Waals surface area contributed by atoms with Crippen molar-refractivity contribution in [2.45, 2.75) is 12.8 Å². The summed E-state index contributed by atoms with van der Waals surface area (Å²) in [6.45, 7) is 1.08. The summed E-state index contributed by atoms with van der Waals surface area (Å²) in [6.07, 6.45) is 1.09. The highest BCUT2D eigenvalue weighted by Gasteiger charge is 2.39. The lowest BCUT2D eigenvalue weighted by Crippen LogP contribution is -2.36. The molecule has 1 saturated heterocycles. The quantitative estimate of drug-likeness (QED) is 0.789. The average Bonchev–Trinajstić information content (AvgIpc) is 3.17. The maximum absolute atomic E-state index is 13.0. The molecule has 2 amide bonds. The second kappa shape index (κ2) is 6.19. The molecule has 1 fully saturated rings. The van der Waals surface area contributed by atoms with Crippen molar-refractivity contribution in [1.29, 1.82) is 0 Å². The summed E-state index contributed by atoms with van der Waals surface area (Å²) in [4.78, 5) is 28.9. The zero-order chi connectivity index (χ0) is 17.6. The number of anilines is 3. The van der Waals surface area contributed by atoms with E-state index in [4.69, 9.17) is 5.73 Å². The Balaban J connectivity index is 1.54. The van der Waals surface area contributed by atoms with Gasteiger partial charge < -0.3 is 15.5 Å². The van der Waals surface area contributed by atoms with E-state index in [0.717, 1.165) is 22.3 Å². The van der Waals surface area contributed by atoms with E-state index in [2.05, 4.69) is 22.0 Å². The first-order valence-corrected chi connectivity index (χ1v) is 9.08. The van der Waals surface area contributed by atoms with Gasteiger partial charge in [0.05, 0.1) is 5.92 Å². The highest BCUT2D eigenvalue weighted by Crippen LogP contribution is 2.34. The van der Waals surface area contributed by atoms with Crippen molar-refractivity contribution >= 4 is 44.8 Å². The molecule has 2 aliphatic heterocycles. The van der Waals surface area contributed by atoms with Gasteiger partial charge in [-0.2, -0.15) is 0 Å². The highest BCUT2D eigenvalue weighted by atomic mass is 79.9. The third-order valence-electron chi connectivity index (χ3n) is 4.86. The van der Waals surface area contributed by atoms with Crippen LogP contribution in [0.3, 0.4) is 0 Å². The van der Waals surface area contributed by atoms with Gasteiger partial charge in [0.2, 0.25) is 11.8 Å². The van der Waals surface area contributed by atoms with Gasteiger partial charge in [-0.1, -0.05) is 22.0 Å². The third-order valence-corrected chi connectivity index (χ3v) is 5.35. The Morgan fingerprint density at radius 2 is 2.04 bits per heavy atom. The number of hydrogen-bond acceptors (Lipinski definition) is 3. The molecule has 2 aromatic carbocycles. The molecule has 1 unspecified atom stereocenters. The number of carbonyl (C=O) groups is 2. The molecule has 0 radical (unpaired) electrons. The van der Waals surface area contributed by atoms with Crippen molar-refractivity contribution in [1.82, 2.24) is 0 Å². The van der Waals surface area contributed by atoms with Crippen molar-refractivity contribution in [3.05, 3.63) is 52.5 Å². The minimum absolute atomic E-state index is 0.0285. The molecular formula is C19H18BrN3O2. The fourth-order valence-electron chi connectivity index (χ4n) is 3.63. The molecule has 2 aliphatic rings. The number of benzene rings is 2. The van der Waals surface area contributed by atoms with Crippen LogP contribution in [0.1, 0.15) is 12.0 Å². The Morgan fingerprint density at radius 1 is 1.20 bits per heavy atom. The van der Waals surface area contributed by atoms with E-state index in [1.165, 1.54) is 5.56 Å². The van der Waals surface area contributed by atoms with Crippen LogP contribution >= 0.6 is 15.9 Å². The molecular weight excluding hydrogens is 382 g/mol. The molecule has 0 spiro atoms. The zero-order valence-electron chi connectivity index (χ0n) is 13.6. The monoisotopic (exact) mass is 399 g/mol. The molecule has 5 nitrogen and oxygen atoms in total. The van der Waals surface area contributed by atoms with Gasteiger partial charge in [0.15, 0.2) is 0 Å².